The molecule has 2 rings (SSSR count). The van der Waals surface area contributed by atoms with E-state index in [0.717, 1.165) is 6.07 Å². The van der Waals surface area contributed by atoms with Gasteiger partial charge in [0.15, 0.2) is 0 Å². The van der Waals surface area contributed by atoms with Gasteiger partial charge in [-0.25, -0.2) is 0 Å². The zero-order chi connectivity index (χ0) is 15.6. The molecule has 108 valence electrons. The highest BCUT2D eigenvalue weighted by molar-refractivity contribution is 6.35. The monoisotopic (exact) mass is 330 g/mol. The van der Waals surface area contributed by atoms with Gasteiger partial charge in [-0.2, -0.15) is 0 Å². The van der Waals surface area contributed by atoms with Gasteiger partial charge in [-0.1, -0.05) is 29.1 Å². The van der Waals surface area contributed by atoms with Gasteiger partial charge in [-0.15, -0.1) is 19.6 Å². The molecule has 0 unspecified atom stereocenters. The lowest BCUT2D eigenvalue weighted by Gasteiger charge is -2.14. The van der Waals surface area contributed by atoms with Crippen LogP contribution in [0.3, 0.4) is 0 Å². The summed E-state index contributed by atoms with van der Waals surface area (Å²) in [4.78, 5) is 0. The minimum Gasteiger partial charge on any atom is -0.405 e. The van der Waals surface area contributed by atoms with E-state index in [4.69, 9.17) is 29.6 Å². The van der Waals surface area contributed by atoms with E-state index >= 15 is 0 Å². The Hall–Kier alpha value is -1.83. The molecule has 0 saturated heterocycles. The molecule has 0 fully saturated rings. The Labute approximate surface area is 129 Å². The highest BCUT2D eigenvalue weighted by Gasteiger charge is 2.32. The lowest BCUT2D eigenvalue weighted by molar-refractivity contribution is -0.274. The van der Waals surface area contributed by atoms with Crippen molar-refractivity contribution < 1.29 is 17.9 Å². The maximum Gasteiger partial charge on any atom is 0.573 e. The molecule has 0 heterocycles. The molecule has 0 radical (unpaired) electrons. The van der Waals surface area contributed by atoms with Crippen molar-refractivity contribution in [3.8, 4) is 29.2 Å². The third-order valence-corrected chi connectivity index (χ3v) is 2.98. The fourth-order valence-electron chi connectivity index (χ4n) is 1.77. The minimum absolute atomic E-state index is 0.159. The average molecular weight is 331 g/mol. The van der Waals surface area contributed by atoms with Crippen molar-refractivity contribution >= 4 is 23.2 Å². The van der Waals surface area contributed by atoms with Crippen molar-refractivity contribution in [3.05, 3.63) is 52.0 Å². The molecule has 6 heteroatoms. The average Bonchev–Trinajstić information content (AvgIpc) is 2.36. The number of rotatable bonds is 2. The second-order valence-corrected chi connectivity index (χ2v) is 4.93. The molecule has 0 bridgehead atoms. The van der Waals surface area contributed by atoms with Crippen molar-refractivity contribution in [1.82, 2.24) is 0 Å². The van der Waals surface area contributed by atoms with Gasteiger partial charge in [-0.3, -0.25) is 0 Å². The molecule has 0 saturated carbocycles. The number of ether oxygens (including phenoxy) is 1. The molecular weight excluding hydrogens is 324 g/mol. The molecule has 0 atom stereocenters. The smallest absolute Gasteiger partial charge is 0.405 e. The zero-order valence-electron chi connectivity index (χ0n) is 10.3. The molecule has 0 aliphatic carbocycles. The predicted octanol–water partition coefficient (Wildman–Crippen LogP) is 5.54. The number of hydrogen-bond acceptors (Lipinski definition) is 1. The van der Waals surface area contributed by atoms with Gasteiger partial charge >= 0.3 is 6.36 Å². The number of alkyl halides is 3. The van der Waals surface area contributed by atoms with Crippen molar-refractivity contribution in [2.24, 2.45) is 0 Å². The second kappa shape index (κ2) is 5.88. The quantitative estimate of drug-likeness (QED) is 0.657. The van der Waals surface area contributed by atoms with Crippen molar-refractivity contribution in [3.63, 3.8) is 0 Å². The van der Waals surface area contributed by atoms with E-state index in [1.54, 1.807) is 0 Å². The summed E-state index contributed by atoms with van der Waals surface area (Å²) in [5.74, 6) is 1.98. The molecule has 21 heavy (non-hydrogen) atoms. The van der Waals surface area contributed by atoms with Gasteiger partial charge in [0.2, 0.25) is 0 Å². The molecular formula is C15H7Cl2F3O. The molecule has 0 amide bonds. The summed E-state index contributed by atoms with van der Waals surface area (Å²) < 4.78 is 41.4. The fraction of sp³-hybridized carbons (Fsp3) is 0.0667. The van der Waals surface area contributed by atoms with Crippen LogP contribution in [0.5, 0.6) is 5.75 Å². The Bertz CT molecular complexity index is 698. The lowest BCUT2D eigenvalue weighted by atomic mass is 10.0. The number of terminal acetylenes is 1. The van der Waals surface area contributed by atoms with Gasteiger partial charge in [0.05, 0.1) is 0 Å². The van der Waals surface area contributed by atoms with Crippen LogP contribution in [0.2, 0.25) is 10.0 Å². The first-order chi connectivity index (χ1) is 9.78. The molecule has 2 aromatic rings. The standard InChI is InChI=1S/C15H7Cl2F3O/c1-2-9-3-4-14(21-15(18,19)20)13(5-9)10-6-11(16)8-12(17)7-10/h1,3-8H. The van der Waals surface area contributed by atoms with E-state index in [-0.39, 0.29) is 11.3 Å². The summed E-state index contributed by atoms with van der Waals surface area (Å²) in [5.41, 5.74) is 0.951. The van der Waals surface area contributed by atoms with E-state index in [0.29, 0.717) is 21.2 Å². The van der Waals surface area contributed by atoms with Crippen molar-refractivity contribution in [2.75, 3.05) is 0 Å². The van der Waals surface area contributed by atoms with Crippen molar-refractivity contribution in [2.45, 2.75) is 6.36 Å². The van der Waals surface area contributed by atoms with Crippen LogP contribution in [0.25, 0.3) is 11.1 Å². The largest absolute Gasteiger partial charge is 0.573 e. The van der Waals surface area contributed by atoms with Crippen LogP contribution in [0.1, 0.15) is 5.56 Å². The summed E-state index contributed by atoms with van der Waals surface area (Å²) in [7, 11) is 0. The van der Waals surface area contributed by atoms with Crippen LogP contribution in [0, 0.1) is 12.3 Å². The van der Waals surface area contributed by atoms with Gasteiger partial charge in [-0.05, 0) is 42.0 Å². The number of halogens is 5. The first-order valence-corrected chi connectivity index (χ1v) is 6.37. The summed E-state index contributed by atoms with van der Waals surface area (Å²) in [5, 5.41) is 0.586. The van der Waals surface area contributed by atoms with E-state index in [9.17, 15) is 13.2 Å². The van der Waals surface area contributed by atoms with E-state index in [1.807, 2.05) is 0 Å². The maximum atomic E-state index is 12.5. The lowest BCUT2D eigenvalue weighted by Crippen LogP contribution is -2.17. The SMILES string of the molecule is C#Cc1ccc(OC(F)(F)F)c(-c2cc(Cl)cc(Cl)c2)c1. The second-order valence-electron chi connectivity index (χ2n) is 4.06. The van der Waals surface area contributed by atoms with Crippen LogP contribution in [-0.4, -0.2) is 6.36 Å². The summed E-state index contributed by atoms with van der Waals surface area (Å²) >= 11 is 11.7. The van der Waals surface area contributed by atoms with Crippen molar-refractivity contribution in [1.29, 1.82) is 0 Å². The van der Waals surface area contributed by atoms with Crippen LogP contribution in [-0.2, 0) is 0 Å². The fourth-order valence-corrected chi connectivity index (χ4v) is 2.29. The van der Waals surface area contributed by atoms with E-state index < -0.39 is 6.36 Å². The van der Waals surface area contributed by atoms with Crippen LogP contribution in [0.15, 0.2) is 36.4 Å². The van der Waals surface area contributed by atoms with Gasteiger partial charge in [0, 0.05) is 21.2 Å². The minimum atomic E-state index is -4.81. The Kier molecular flexibility index (Phi) is 4.36. The van der Waals surface area contributed by atoms with Gasteiger partial charge < -0.3 is 4.74 Å². The topological polar surface area (TPSA) is 9.23 Å². The molecule has 0 aromatic heterocycles. The Morgan fingerprint density at radius 1 is 1.00 bits per heavy atom. The predicted molar refractivity (Wildman–Crippen MR) is 76.5 cm³/mol. The van der Waals surface area contributed by atoms with E-state index in [2.05, 4.69) is 10.7 Å². The summed E-state index contributed by atoms with van der Waals surface area (Å²) in [6.45, 7) is 0. The zero-order valence-corrected chi connectivity index (χ0v) is 11.9. The molecule has 0 aliphatic heterocycles. The Morgan fingerprint density at radius 3 is 2.14 bits per heavy atom. The van der Waals surface area contributed by atoms with Crippen LogP contribution in [0.4, 0.5) is 13.2 Å². The molecule has 0 N–H and O–H groups in total. The van der Waals surface area contributed by atoms with Gasteiger partial charge in [0.25, 0.3) is 0 Å². The first kappa shape index (κ1) is 15.6. The first-order valence-electron chi connectivity index (χ1n) is 5.61. The van der Waals surface area contributed by atoms with Gasteiger partial charge in [0.1, 0.15) is 5.75 Å². The normalized spacial score (nSPS) is 11.0. The summed E-state index contributed by atoms with van der Waals surface area (Å²) in [6, 6.07) is 8.35. The third-order valence-electron chi connectivity index (χ3n) is 2.55. The molecule has 0 aliphatic rings. The highest BCUT2D eigenvalue weighted by atomic mass is 35.5. The molecule has 2 aromatic carbocycles. The molecule has 1 nitrogen and oxygen atoms in total. The maximum absolute atomic E-state index is 12.5. The summed E-state index contributed by atoms with van der Waals surface area (Å²) in [6.07, 6.45) is 0.458. The van der Waals surface area contributed by atoms with E-state index in [1.165, 1.54) is 30.3 Å². The number of benzene rings is 2. The van der Waals surface area contributed by atoms with Crippen LogP contribution >= 0.6 is 23.2 Å². The third kappa shape index (κ3) is 4.07. The molecule has 0 spiro atoms. The number of hydrogen-bond donors (Lipinski definition) is 0. The van der Waals surface area contributed by atoms with Crippen LogP contribution < -0.4 is 4.74 Å². The Balaban J connectivity index is 2.61. The highest BCUT2D eigenvalue weighted by Crippen LogP contribution is 2.36. The Morgan fingerprint density at radius 2 is 1.62 bits per heavy atom.